The van der Waals surface area contributed by atoms with Crippen LogP contribution in [0.3, 0.4) is 0 Å². The predicted molar refractivity (Wildman–Crippen MR) is 209 cm³/mol. The first-order valence-corrected chi connectivity index (χ1v) is 17.9. The molecule has 6 rings (SSSR count). The molecule has 23 heteroatoms. The van der Waals surface area contributed by atoms with Crippen LogP contribution in [0.1, 0.15) is 7.43 Å². The number of nitrogens with one attached hydrogen (secondary N) is 1. The molecule has 4 heterocycles. The second-order valence-corrected chi connectivity index (χ2v) is 13.6. The van der Waals surface area contributed by atoms with Gasteiger partial charge >= 0.3 is 14.1 Å². The Morgan fingerprint density at radius 3 is 1.70 bits per heavy atom. The number of rotatable bonds is 7. The van der Waals surface area contributed by atoms with Crippen LogP contribution in [0.25, 0.3) is 11.4 Å². The fourth-order valence-electron chi connectivity index (χ4n) is 5.73. The second kappa shape index (κ2) is 21.3. The quantitative estimate of drug-likeness (QED) is 0.136. The number of hydrogen-bond acceptors (Lipinski definition) is 12. The van der Waals surface area contributed by atoms with Crippen molar-refractivity contribution < 1.29 is 37.8 Å². The molecule has 2 aliphatic heterocycles. The topological polar surface area (TPSA) is 172 Å². The lowest BCUT2D eigenvalue weighted by Crippen LogP contribution is -2.58. The standard InChI is InChI=1S/C16H18BClF2N4O3.C10H4Cl2F2N2O.C6H15BN2O2.CH4/c1-17(27)22-2-3-23(13(8-22)9-25)14-7-21-24(16(26)15(14)18)12-5-10(19)4-11(20)6-12;11-8-4-15-16(10(17)9(8)12)7-2-5(13)1-6(14)3-7;1-7(11)9-3-2-8-6(4-9)5-10;/h4-7,13,25,27H,2-3,8-9H2,1H3;1-4H;6,8,10-11H,2-5H2,1H3;1H4. The molecule has 0 saturated carbocycles. The Morgan fingerprint density at radius 1 is 0.732 bits per heavy atom. The number of anilines is 1. The molecule has 5 N–H and O–H groups in total. The van der Waals surface area contributed by atoms with Gasteiger partial charge < -0.3 is 40.1 Å². The van der Waals surface area contributed by atoms with E-state index in [9.17, 15) is 42.3 Å². The summed E-state index contributed by atoms with van der Waals surface area (Å²) >= 11 is 17.4. The van der Waals surface area contributed by atoms with Gasteiger partial charge in [0, 0.05) is 57.4 Å². The minimum atomic E-state index is -0.839. The van der Waals surface area contributed by atoms with Crippen LogP contribution >= 0.6 is 34.8 Å². The zero-order valence-corrected chi connectivity index (χ0v) is 31.7. The second-order valence-electron chi connectivity index (χ2n) is 12.5. The number of nitrogens with zero attached hydrogens (tertiary/aromatic N) is 7. The van der Waals surface area contributed by atoms with Crippen molar-refractivity contribution >= 4 is 54.6 Å². The van der Waals surface area contributed by atoms with Crippen molar-refractivity contribution in [2.45, 2.75) is 33.2 Å². The third kappa shape index (κ3) is 12.0. The molecule has 14 nitrogen and oxygen atoms in total. The first kappa shape index (κ1) is 46.8. The number of aliphatic hydroxyl groups is 2. The molecule has 0 amide bonds. The monoisotopic (exact) mass is 848 g/mol. The summed E-state index contributed by atoms with van der Waals surface area (Å²) in [6.45, 7) is 7.04. The van der Waals surface area contributed by atoms with Gasteiger partial charge in [0.25, 0.3) is 11.1 Å². The number of hydrogen-bond donors (Lipinski definition) is 5. The normalized spacial score (nSPS) is 17.2. The highest BCUT2D eigenvalue weighted by atomic mass is 35.5. The first-order valence-electron chi connectivity index (χ1n) is 16.7. The van der Waals surface area contributed by atoms with Crippen molar-refractivity contribution in [3.63, 3.8) is 0 Å². The van der Waals surface area contributed by atoms with Crippen LogP contribution in [-0.2, 0) is 0 Å². The van der Waals surface area contributed by atoms with Gasteiger partial charge in [-0.25, -0.2) is 17.6 Å². The molecule has 0 bridgehead atoms. The maximum Gasteiger partial charge on any atom is 0.376 e. The Kier molecular flexibility index (Phi) is 17.8. The van der Waals surface area contributed by atoms with Gasteiger partial charge in [-0.05, 0) is 37.9 Å². The summed E-state index contributed by atoms with van der Waals surface area (Å²) < 4.78 is 54.4. The van der Waals surface area contributed by atoms with E-state index in [-0.39, 0.29) is 53.1 Å². The SMILES string of the molecule is C.CB(O)N1CCN(c2cnn(-c3cc(F)cc(F)c3)c(=O)c2Cl)C(CO)C1.CB(O)N1CCNC(CO)C1.O=c1c(Cl)c(Cl)cnn1-c1cc(F)cc(F)c1. The average molecular weight is 850 g/mol. The zero-order chi connectivity index (χ0) is 40.6. The first-order chi connectivity index (χ1) is 26.0. The zero-order valence-electron chi connectivity index (χ0n) is 29.5. The Bertz CT molecular complexity index is 2020. The molecule has 304 valence electrons. The highest BCUT2D eigenvalue weighted by molar-refractivity contribution is 6.45. The van der Waals surface area contributed by atoms with Crippen molar-refractivity contribution in [3.8, 4) is 11.4 Å². The van der Waals surface area contributed by atoms with Crippen LogP contribution in [0.5, 0.6) is 0 Å². The summed E-state index contributed by atoms with van der Waals surface area (Å²) in [6.07, 6.45) is 2.45. The van der Waals surface area contributed by atoms with Crippen molar-refractivity contribution in [1.82, 2.24) is 34.5 Å². The van der Waals surface area contributed by atoms with Gasteiger partial charge in [0.1, 0.15) is 33.3 Å². The van der Waals surface area contributed by atoms with Crippen LogP contribution in [0.4, 0.5) is 23.2 Å². The van der Waals surface area contributed by atoms with E-state index in [0.29, 0.717) is 37.5 Å². The lowest BCUT2D eigenvalue weighted by atomic mass is 9.83. The summed E-state index contributed by atoms with van der Waals surface area (Å²) in [7, 11) is -1.06. The van der Waals surface area contributed by atoms with Crippen LogP contribution in [-0.4, -0.2) is 128 Å². The van der Waals surface area contributed by atoms with Gasteiger partial charge in [0.2, 0.25) is 0 Å². The van der Waals surface area contributed by atoms with Crippen LogP contribution in [0.2, 0.25) is 28.7 Å². The summed E-state index contributed by atoms with van der Waals surface area (Å²) in [5.41, 5.74) is -1.30. The molecule has 2 aliphatic rings. The van der Waals surface area contributed by atoms with Crippen molar-refractivity contribution in [3.05, 3.63) is 108 Å². The van der Waals surface area contributed by atoms with Gasteiger partial charge in [0.15, 0.2) is 0 Å². The van der Waals surface area contributed by atoms with E-state index in [2.05, 4.69) is 15.5 Å². The Labute approximate surface area is 335 Å². The number of benzene rings is 2. The molecule has 56 heavy (non-hydrogen) atoms. The van der Waals surface area contributed by atoms with Gasteiger partial charge in [-0.2, -0.15) is 19.6 Å². The smallest absolute Gasteiger partial charge is 0.376 e. The minimum Gasteiger partial charge on any atom is -0.437 e. The number of aromatic nitrogens is 4. The van der Waals surface area contributed by atoms with Gasteiger partial charge in [0.05, 0.1) is 53.7 Å². The van der Waals surface area contributed by atoms with E-state index in [1.807, 2.05) is 4.81 Å². The van der Waals surface area contributed by atoms with Gasteiger partial charge in [-0.1, -0.05) is 42.2 Å². The van der Waals surface area contributed by atoms with Crippen molar-refractivity contribution in [2.24, 2.45) is 0 Å². The Balaban J connectivity index is 0.000000247. The minimum absolute atomic E-state index is 0. The van der Waals surface area contributed by atoms with E-state index in [1.165, 1.54) is 6.20 Å². The number of halogens is 7. The Morgan fingerprint density at radius 2 is 1.21 bits per heavy atom. The van der Waals surface area contributed by atoms with Gasteiger partial charge in [-0.3, -0.25) is 9.59 Å². The number of aliphatic hydroxyl groups excluding tert-OH is 2. The van der Waals surface area contributed by atoms with Gasteiger partial charge in [-0.15, -0.1) is 0 Å². The van der Waals surface area contributed by atoms with E-state index in [1.54, 1.807) is 23.4 Å². The molecule has 2 aromatic carbocycles. The molecule has 2 atom stereocenters. The fourth-order valence-corrected chi connectivity index (χ4v) is 6.22. The van der Waals surface area contributed by atoms with Crippen molar-refractivity contribution in [1.29, 1.82) is 0 Å². The summed E-state index contributed by atoms with van der Waals surface area (Å²) in [5.74, 6) is -3.32. The summed E-state index contributed by atoms with van der Waals surface area (Å²) in [5, 5.41) is 47.8. The largest absolute Gasteiger partial charge is 0.437 e. The maximum absolute atomic E-state index is 13.4. The molecule has 2 fully saturated rings. The van der Waals surface area contributed by atoms with E-state index in [4.69, 9.17) is 39.9 Å². The molecule has 2 unspecified atom stereocenters. The van der Waals surface area contributed by atoms with Crippen LogP contribution < -0.4 is 21.3 Å². The number of piperazine rings is 2. The van der Waals surface area contributed by atoms with E-state index >= 15 is 0 Å². The lowest BCUT2D eigenvalue weighted by molar-refractivity contribution is 0.186. The molecule has 2 aromatic heterocycles. The molecular weight excluding hydrogens is 808 g/mol. The molecule has 0 aliphatic carbocycles. The van der Waals surface area contributed by atoms with Crippen LogP contribution in [0.15, 0.2) is 58.4 Å². The predicted octanol–water partition coefficient (Wildman–Crippen LogP) is 2.57. The molecule has 4 aromatic rings. The van der Waals surface area contributed by atoms with Crippen LogP contribution in [0, 0.1) is 23.3 Å². The molecule has 0 spiro atoms. The highest BCUT2D eigenvalue weighted by Gasteiger charge is 2.32. The Hall–Kier alpha value is -3.56. The lowest BCUT2D eigenvalue weighted by Gasteiger charge is -2.42. The summed E-state index contributed by atoms with van der Waals surface area (Å²) in [6, 6.07) is 4.98. The molecular formula is C33H41B2Cl3F4N8O6. The maximum atomic E-state index is 13.4. The third-order valence-corrected chi connectivity index (χ3v) is 9.66. The summed E-state index contributed by atoms with van der Waals surface area (Å²) in [4.78, 5) is 29.7. The van der Waals surface area contributed by atoms with E-state index in [0.717, 1.165) is 59.5 Å². The van der Waals surface area contributed by atoms with E-state index < -0.39 is 54.5 Å². The van der Waals surface area contributed by atoms with Crippen molar-refractivity contribution in [2.75, 3.05) is 57.4 Å². The molecule has 2 saturated heterocycles. The third-order valence-electron chi connectivity index (χ3n) is 8.56. The fraction of sp³-hybridized carbons (Fsp3) is 0.394. The molecule has 0 radical (unpaired) electrons. The average Bonchev–Trinajstić information content (AvgIpc) is 3.14. The highest BCUT2D eigenvalue weighted by Crippen LogP contribution is 2.26.